The topological polar surface area (TPSA) is 78.4 Å². The minimum Gasteiger partial charge on any atom is -0.497 e. The Labute approximate surface area is 75.3 Å². The van der Waals surface area contributed by atoms with Gasteiger partial charge in [0.15, 0.2) is 0 Å². The number of hydrogen-bond acceptors (Lipinski definition) is 4. The third-order valence-electron chi connectivity index (χ3n) is 1.70. The third kappa shape index (κ3) is 1.94. The lowest BCUT2D eigenvalue weighted by atomic mass is 10.2. The number of benzene rings is 1. The average Bonchev–Trinajstić information content (AvgIpc) is 2.16. The highest BCUT2D eigenvalue weighted by Crippen LogP contribution is 2.23. The van der Waals surface area contributed by atoms with Crippen molar-refractivity contribution in [2.45, 2.75) is 6.54 Å². The molecular weight excluding hydrogens is 172 g/mol. The van der Waals surface area contributed by atoms with E-state index in [4.69, 9.17) is 10.5 Å². The summed E-state index contributed by atoms with van der Waals surface area (Å²) in [4.78, 5) is 10.0. The SMILES string of the molecule is COc1ccc([N+](=O)[O-])c(CN)c1. The molecule has 0 amide bonds. The van der Waals surface area contributed by atoms with Crippen molar-refractivity contribution in [3.05, 3.63) is 33.9 Å². The normalized spacial score (nSPS) is 9.69. The van der Waals surface area contributed by atoms with Crippen molar-refractivity contribution in [2.75, 3.05) is 7.11 Å². The van der Waals surface area contributed by atoms with Crippen molar-refractivity contribution in [3.63, 3.8) is 0 Å². The van der Waals surface area contributed by atoms with Gasteiger partial charge in [0, 0.05) is 18.2 Å². The van der Waals surface area contributed by atoms with E-state index in [1.807, 2.05) is 0 Å². The number of rotatable bonds is 3. The maximum Gasteiger partial charge on any atom is 0.274 e. The lowest BCUT2D eigenvalue weighted by Crippen LogP contribution is -2.02. The molecule has 2 N–H and O–H groups in total. The van der Waals surface area contributed by atoms with Crippen LogP contribution in [0.4, 0.5) is 5.69 Å². The molecule has 0 saturated heterocycles. The summed E-state index contributed by atoms with van der Waals surface area (Å²) >= 11 is 0. The number of nitrogens with two attached hydrogens (primary N) is 1. The fourth-order valence-corrected chi connectivity index (χ4v) is 1.03. The molecule has 0 bridgehead atoms. The predicted octanol–water partition coefficient (Wildman–Crippen LogP) is 1.06. The molecule has 5 heteroatoms. The van der Waals surface area contributed by atoms with Crippen LogP contribution in [0.5, 0.6) is 5.75 Å². The largest absolute Gasteiger partial charge is 0.497 e. The Balaban J connectivity index is 3.15. The van der Waals surface area contributed by atoms with Gasteiger partial charge >= 0.3 is 0 Å². The molecule has 1 aromatic rings. The molecule has 0 atom stereocenters. The number of nitrogens with zero attached hydrogens (tertiary/aromatic N) is 1. The van der Waals surface area contributed by atoms with E-state index in [2.05, 4.69) is 0 Å². The molecule has 13 heavy (non-hydrogen) atoms. The van der Waals surface area contributed by atoms with Crippen LogP contribution in [0.2, 0.25) is 0 Å². The number of nitro benzene ring substituents is 1. The van der Waals surface area contributed by atoms with E-state index in [0.29, 0.717) is 11.3 Å². The van der Waals surface area contributed by atoms with Crippen LogP contribution in [-0.2, 0) is 6.54 Å². The van der Waals surface area contributed by atoms with Crippen LogP contribution >= 0.6 is 0 Å². The smallest absolute Gasteiger partial charge is 0.274 e. The third-order valence-corrected chi connectivity index (χ3v) is 1.70. The van der Waals surface area contributed by atoms with Gasteiger partial charge in [-0.1, -0.05) is 0 Å². The molecule has 0 spiro atoms. The van der Waals surface area contributed by atoms with E-state index >= 15 is 0 Å². The lowest BCUT2D eigenvalue weighted by Gasteiger charge is -2.02. The summed E-state index contributed by atoms with van der Waals surface area (Å²) in [7, 11) is 1.50. The van der Waals surface area contributed by atoms with Gasteiger partial charge in [-0.3, -0.25) is 10.1 Å². The minimum absolute atomic E-state index is 0.0308. The first-order chi connectivity index (χ1) is 6.19. The molecule has 0 saturated carbocycles. The van der Waals surface area contributed by atoms with Crippen LogP contribution in [0, 0.1) is 10.1 Å². The van der Waals surface area contributed by atoms with Gasteiger partial charge < -0.3 is 10.5 Å². The summed E-state index contributed by atoms with van der Waals surface area (Å²) in [6, 6.07) is 4.50. The molecular formula is C8H10N2O3. The zero-order valence-corrected chi connectivity index (χ0v) is 7.19. The van der Waals surface area contributed by atoms with Gasteiger partial charge in [-0.15, -0.1) is 0 Å². The van der Waals surface area contributed by atoms with Crippen LogP contribution in [0.1, 0.15) is 5.56 Å². The van der Waals surface area contributed by atoms with E-state index in [1.54, 1.807) is 6.07 Å². The zero-order chi connectivity index (χ0) is 9.84. The van der Waals surface area contributed by atoms with Crippen molar-refractivity contribution in [1.82, 2.24) is 0 Å². The van der Waals surface area contributed by atoms with Crippen LogP contribution in [-0.4, -0.2) is 12.0 Å². The molecule has 1 aromatic carbocycles. The molecule has 0 radical (unpaired) electrons. The Bertz CT molecular complexity index is 325. The van der Waals surface area contributed by atoms with E-state index in [0.717, 1.165) is 0 Å². The molecule has 0 aliphatic heterocycles. The van der Waals surface area contributed by atoms with E-state index in [-0.39, 0.29) is 12.2 Å². The highest BCUT2D eigenvalue weighted by atomic mass is 16.6. The van der Waals surface area contributed by atoms with Crippen LogP contribution < -0.4 is 10.5 Å². The second-order valence-corrected chi connectivity index (χ2v) is 2.46. The van der Waals surface area contributed by atoms with E-state index in [1.165, 1.54) is 19.2 Å². The summed E-state index contributed by atoms with van der Waals surface area (Å²) in [5.74, 6) is 0.575. The Morgan fingerprint density at radius 3 is 2.77 bits per heavy atom. The van der Waals surface area contributed by atoms with E-state index in [9.17, 15) is 10.1 Å². The van der Waals surface area contributed by atoms with Gasteiger partial charge in [-0.25, -0.2) is 0 Å². The molecule has 1 rings (SSSR count). The van der Waals surface area contributed by atoms with Crippen LogP contribution in [0.15, 0.2) is 18.2 Å². The monoisotopic (exact) mass is 182 g/mol. The lowest BCUT2D eigenvalue weighted by molar-refractivity contribution is -0.385. The summed E-state index contributed by atoms with van der Waals surface area (Å²) in [6.07, 6.45) is 0. The molecule has 70 valence electrons. The van der Waals surface area contributed by atoms with Crippen molar-refractivity contribution < 1.29 is 9.66 Å². The minimum atomic E-state index is -0.457. The quantitative estimate of drug-likeness (QED) is 0.560. The molecule has 0 aliphatic rings. The number of hydrogen-bond donors (Lipinski definition) is 1. The van der Waals surface area contributed by atoms with Crippen molar-refractivity contribution in [3.8, 4) is 5.75 Å². The van der Waals surface area contributed by atoms with Crippen molar-refractivity contribution >= 4 is 5.69 Å². The fourth-order valence-electron chi connectivity index (χ4n) is 1.03. The first-order valence-electron chi connectivity index (χ1n) is 3.70. The Hall–Kier alpha value is -1.62. The maximum atomic E-state index is 10.5. The second-order valence-electron chi connectivity index (χ2n) is 2.46. The average molecular weight is 182 g/mol. The van der Waals surface area contributed by atoms with Crippen LogP contribution in [0.25, 0.3) is 0 Å². The van der Waals surface area contributed by atoms with Crippen molar-refractivity contribution in [2.24, 2.45) is 5.73 Å². The summed E-state index contributed by atoms with van der Waals surface area (Å²) < 4.78 is 4.91. The first-order valence-corrected chi connectivity index (χ1v) is 3.70. The number of ether oxygens (including phenoxy) is 1. The maximum absolute atomic E-state index is 10.5. The molecule has 0 aromatic heterocycles. The van der Waals surface area contributed by atoms with Gasteiger partial charge in [0.1, 0.15) is 5.75 Å². The summed E-state index contributed by atoms with van der Waals surface area (Å²) in [5, 5.41) is 10.5. The fraction of sp³-hybridized carbons (Fsp3) is 0.250. The van der Waals surface area contributed by atoms with Gasteiger partial charge in [0.2, 0.25) is 0 Å². The standard InChI is InChI=1S/C8H10N2O3/c1-13-7-2-3-8(10(11)12)6(4-7)5-9/h2-4H,5,9H2,1H3. The van der Waals surface area contributed by atoms with Gasteiger partial charge in [-0.2, -0.15) is 0 Å². The van der Waals surface area contributed by atoms with Gasteiger partial charge in [0.25, 0.3) is 5.69 Å². The Kier molecular flexibility index (Phi) is 2.81. The summed E-state index contributed by atoms with van der Waals surface area (Å²) in [6.45, 7) is 0.132. The van der Waals surface area contributed by atoms with E-state index < -0.39 is 4.92 Å². The van der Waals surface area contributed by atoms with Gasteiger partial charge in [-0.05, 0) is 12.1 Å². The molecule has 0 aliphatic carbocycles. The number of nitro groups is 1. The van der Waals surface area contributed by atoms with Crippen LogP contribution in [0.3, 0.4) is 0 Å². The molecule has 0 unspecified atom stereocenters. The zero-order valence-electron chi connectivity index (χ0n) is 7.19. The molecule has 0 heterocycles. The first kappa shape index (κ1) is 9.47. The highest BCUT2D eigenvalue weighted by Gasteiger charge is 2.12. The Morgan fingerprint density at radius 1 is 1.62 bits per heavy atom. The summed E-state index contributed by atoms with van der Waals surface area (Å²) in [5.41, 5.74) is 5.86. The predicted molar refractivity (Wildman–Crippen MR) is 47.5 cm³/mol. The van der Waals surface area contributed by atoms with Gasteiger partial charge in [0.05, 0.1) is 12.0 Å². The molecule has 5 nitrogen and oxygen atoms in total. The Morgan fingerprint density at radius 2 is 2.31 bits per heavy atom. The highest BCUT2D eigenvalue weighted by molar-refractivity contribution is 5.45. The number of methoxy groups -OCH3 is 1. The second kappa shape index (κ2) is 3.86. The molecule has 0 fully saturated rings. The van der Waals surface area contributed by atoms with Crippen molar-refractivity contribution in [1.29, 1.82) is 0 Å².